The van der Waals surface area contributed by atoms with E-state index in [4.69, 9.17) is 8.92 Å². The van der Waals surface area contributed by atoms with Gasteiger partial charge in [0.25, 0.3) is 0 Å². The molecule has 160 valence electrons. The number of fused-ring (bicyclic) bond motifs is 2. The first-order chi connectivity index (χ1) is 13.1. The molecule has 0 aromatic carbocycles. The third kappa shape index (κ3) is 9.41. The molecule has 0 N–H and O–H groups in total. The van der Waals surface area contributed by atoms with Crippen LogP contribution in [0.2, 0.25) is 44.5 Å². The zero-order valence-corrected chi connectivity index (χ0v) is 31.6. The van der Waals surface area contributed by atoms with Gasteiger partial charge in [0.2, 0.25) is 0 Å². The first-order valence-electron chi connectivity index (χ1n) is 9.78. The van der Waals surface area contributed by atoms with E-state index in [1.807, 2.05) is 0 Å². The Kier molecular flexibility index (Phi) is 10.3. The molecular weight excluding hydrogens is 772 g/mol. The maximum Gasteiger partial charge on any atom is 0.0450 e. The van der Waals surface area contributed by atoms with Crippen LogP contribution in [-0.2, 0) is 0 Å². The zero-order chi connectivity index (χ0) is 22.0. The van der Waals surface area contributed by atoms with Crippen LogP contribution in [0.5, 0.6) is 0 Å². The standard InChI is InChI=1S/C6H4S2.C6H2S2.9CH3.ClH.3Sn/c2*1-3-7-6-2-4-8-5(1)6;;;;;;;;;;;;;/h1-4H;1-2H;9*1H3;1H;;;/q;;;;;;;;;;;;;;+1/p-1. The Balaban J connectivity index is 0.000000190. The number of rotatable bonds is 2. The average molecular weight is 805 g/mol. The molecule has 0 aliphatic carbocycles. The Morgan fingerprint density at radius 2 is 0.897 bits per heavy atom. The smallest absolute Gasteiger partial charge is 0.0450 e. The van der Waals surface area contributed by atoms with E-state index in [0.717, 1.165) is 0 Å². The monoisotopic (exact) mass is 808 g/mol. The average Bonchev–Trinajstić information content (AvgIpc) is 3.23. The van der Waals surface area contributed by atoms with Gasteiger partial charge in [-0.05, 0) is 22.9 Å². The van der Waals surface area contributed by atoms with Crippen LogP contribution in [0.4, 0.5) is 0 Å². The number of halogens is 1. The molecule has 0 aliphatic rings. The normalized spacial score (nSPS) is 12.5. The molecule has 0 spiro atoms. The van der Waals surface area contributed by atoms with Crippen LogP contribution < -0.4 is 5.79 Å². The zero-order valence-electron chi connectivity index (χ0n) is 19.0. The van der Waals surface area contributed by atoms with Gasteiger partial charge in [-0.15, -0.1) is 22.7 Å². The van der Waals surface area contributed by atoms with Crippen molar-refractivity contribution in [2.75, 3.05) is 0 Å². The van der Waals surface area contributed by atoms with Crippen LogP contribution >= 0.6 is 54.3 Å². The largest absolute Gasteiger partial charge is 0.143 e. The molecule has 0 bridgehead atoms. The fourth-order valence-electron chi connectivity index (χ4n) is 2.27. The maximum absolute atomic E-state index is 5.74. The molecule has 0 saturated carbocycles. The number of thiophene rings is 4. The summed E-state index contributed by atoms with van der Waals surface area (Å²) in [6, 6.07) is 9.32. The molecule has 0 nitrogen and oxygen atoms in total. The Labute approximate surface area is 209 Å². The van der Waals surface area contributed by atoms with Crippen molar-refractivity contribution in [3.63, 3.8) is 0 Å². The molecule has 0 unspecified atom stereocenters. The molecule has 29 heavy (non-hydrogen) atoms. The molecule has 0 radical (unpaired) electrons. The van der Waals surface area contributed by atoms with Crippen molar-refractivity contribution in [1.29, 1.82) is 0 Å². The van der Waals surface area contributed by atoms with Gasteiger partial charge in [0.15, 0.2) is 0 Å². The van der Waals surface area contributed by atoms with Gasteiger partial charge >= 0.3 is 157 Å². The van der Waals surface area contributed by atoms with Crippen molar-refractivity contribution in [1.82, 2.24) is 0 Å². The Morgan fingerprint density at radius 3 is 1.17 bits per heavy atom. The van der Waals surface area contributed by atoms with Crippen molar-refractivity contribution < 1.29 is 0 Å². The Hall–Kier alpha value is 2.01. The molecule has 0 amide bonds. The van der Waals surface area contributed by atoms with Crippen LogP contribution in [0.25, 0.3) is 18.8 Å². The van der Waals surface area contributed by atoms with Crippen LogP contribution in [-0.4, -0.2) is 54.0 Å². The van der Waals surface area contributed by atoms with E-state index in [0.29, 0.717) is 0 Å². The molecule has 0 fully saturated rings. The van der Waals surface area contributed by atoms with E-state index in [9.17, 15) is 0 Å². The van der Waals surface area contributed by atoms with E-state index in [1.54, 1.807) is 37.9 Å². The summed E-state index contributed by atoms with van der Waals surface area (Å²) in [4.78, 5) is 21.5. The minimum atomic E-state index is -1.82. The van der Waals surface area contributed by atoms with Crippen molar-refractivity contribution >= 4 is 133 Å². The van der Waals surface area contributed by atoms with Gasteiger partial charge in [-0.3, -0.25) is 0 Å². The van der Waals surface area contributed by atoms with Crippen LogP contribution in [0, 0.1) is 0 Å². The first kappa shape index (κ1) is 27.3. The van der Waals surface area contributed by atoms with E-state index < -0.39 is 54.0 Å². The summed E-state index contributed by atoms with van der Waals surface area (Å²) in [6.45, 7) is 0. The molecule has 4 rings (SSSR count). The molecule has 0 aliphatic heterocycles. The van der Waals surface area contributed by atoms with Gasteiger partial charge in [-0.25, -0.2) is 0 Å². The third-order valence-corrected chi connectivity index (χ3v) is 26.8. The quantitative estimate of drug-likeness (QED) is 0.178. The summed E-state index contributed by atoms with van der Waals surface area (Å²) in [5.74, 6) is 0. The number of hydrogen-bond acceptors (Lipinski definition) is 4. The number of hydrogen-bond donors (Lipinski definition) is 0. The molecule has 4 heterocycles. The van der Waals surface area contributed by atoms with Crippen molar-refractivity contribution in [3.8, 4) is 0 Å². The first-order valence-corrected chi connectivity index (χ1v) is 45.3. The van der Waals surface area contributed by atoms with Gasteiger partial charge < -0.3 is 0 Å². The van der Waals surface area contributed by atoms with Crippen LogP contribution in [0.3, 0.4) is 0 Å². The fraction of sp³-hybridized carbons (Fsp3) is 0.429. The maximum atomic E-state index is 5.74. The molecular formula is C21H33ClS4Sn3. The minimum Gasteiger partial charge on any atom is -0.143 e. The molecule has 4 aromatic heterocycles. The van der Waals surface area contributed by atoms with Crippen molar-refractivity contribution in [2.24, 2.45) is 0 Å². The van der Waals surface area contributed by atoms with Gasteiger partial charge in [0.05, 0.1) is 0 Å². The van der Waals surface area contributed by atoms with Crippen LogP contribution in [0.1, 0.15) is 0 Å². The van der Waals surface area contributed by atoms with E-state index in [1.165, 1.54) is 9.40 Å². The summed E-state index contributed by atoms with van der Waals surface area (Å²) in [7, 11) is 5.74. The molecule has 4 aromatic rings. The summed E-state index contributed by atoms with van der Waals surface area (Å²) < 4.78 is 9.41. The third-order valence-electron chi connectivity index (χ3n) is 3.76. The molecule has 0 saturated heterocycles. The summed E-state index contributed by atoms with van der Waals surface area (Å²) >= 11 is 2.42. The summed E-state index contributed by atoms with van der Waals surface area (Å²) in [5, 5.41) is 4.25. The van der Waals surface area contributed by atoms with E-state index in [-0.39, 0.29) is 0 Å². The van der Waals surface area contributed by atoms with Gasteiger partial charge in [-0.2, -0.15) is 0 Å². The second-order valence-electron chi connectivity index (χ2n) is 10.1. The van der Waals surface area contributed by atoms with Crippen molar-refractivity contribution in [2.45, 2.75) is 44.5 Å². The van der Waals surface area contributed by atoms with Gasteiger partial charge in [-0.1, -0.05) is 0 Å². The molecule has 8 heteroatoms. The molecule has 0 atom stereocenters. The van der Waals surface area contributed by atoms with Gasteiger partial charge in [0.1, 0.15) is 0 Å². The Bertz CT molecular complexity index is 904. The minimum absolute atomic E-state index is 1.41. The second-order valence-corrected chi connectivity index (χ2v) is 64.4. The summed E-state index contributed by atoms with van der Waals surface area (Å²) in [5.41, 5.74) is 0. The predicted octanol–water partition coefficient (Wildman–Crippen LogP) is 9.08. The fourth-order valence-corrected chi connectivity index (χ4v) is 17.6. The second kappa shape index (κ2) is 11.0. The SMILES string of the molecule is [CH3][Sn]([CH3])([CH3])[Cl].[CH3][Sn]([CH3])([CH3])[c]1cc2s[c]([Sn]([CH3])([CH3])[CH3])cc2s1.c1cc2sccc2s1. The van der Waals surface area contributed by atoms with Crippen molar-refractivity contribution in [3.05, 3.63) is 35.0 Å². The summed E-state index contributed by atoms with van der Waals surface area (Å²) in [6.07, 6.45) is 0. The van der Waals surface area contributed by atoms with E-state index >= 15 is 0 Å². The predicted molar refractivity (Wildman–Crippen MR) is 155 cm³/mol. The van der Waals surface area contributed by atoms with Gasteiger partial charge in [0, 0.05) is 9.40 Å². The van der Waals surface area contributed by atoms with Crippen LogP contribution in [0.15, 0.2) is 35.0 Å². The van der Waals surface area contributed by atoms with E-state index in [2.05, 4.69) is 102 Å². The topological polar surface area (TPSA) is 0 Å². The Morgan fingerprint density at radius 1 is 0.586 bits per heavy atom.